The molecule has 1 N–H and O–H groups in total. The number of carbonyl (C=O) groups excluding carboxylic acids is 1. The maximum absolute atomic E-state index is 11.1. The smallest absolute Gasteiger partial charge is 0.161 e. The predicted octanol–water partition coefficient (Wildman–Crippen LogP) is 1.32. The van der Waals surface area contributed by atoms with E-state index in [0.717, 1.165) is 0 Å². The normalized spacial score (nSPS) is 14.8. The molecule has 1 aromatic rings. The van der Waals surface area contributed by atoms with Crippen molar-refractivity contribution in [2.45, 2.75) is 19.1 Å². The zero-order chi connectivity index (χ0) is 10.6. The zero-order valence-electron chi connectivity index (χ0n) is 8.31. The summed E-state index contributed by atoms with van der Waals surface area (Å²) in [6, 6.07) is 9.00. The van der Waals surface area contributed by atoms with Gasteiger partial charge in [-0.05, 0) is 12.5 Å². The molecule has 0 spiro atoms. The minimum Gasteiger partial charge on any atom is -0.385 e. The van der Waals surface area contributed by atoms with Crippen molar-refractivity contribution in [1.29, 1.82) is 0 Å². The van der Waals surface area contributed by atoms with Gasteiger partial charge in [0.15, 0.2) is 5.78 Å². The summed E-state index contributed by atoms with van der Waals surface area (Å²) in [4.78, 5) is 11.1. The molecular formula is C11H14O3. The fourth-order valence-corrected chi connectivity index (χ4v) is 1.34. The van der Waals surface area contributed by atoms with Gasteiger partial charge in [0.2, 0.25) is 0 Å². The second kappa shape index (κ2) is 4.88. The fraction of sp³-hybridized carbons (Fsp3) is 0.364. The number of methoxy groups -OCH3 is 1. The molecule has 0 unspecified atom stereocenters. The molecule has 0 saturated heterocycles. The topological polar surface area (TPSA) is 46.5 Å². The number of hydrogen-bond acceptors (Lipinski definition) is 3. The lowest BCUT2D eigenvalue weighted by atomic mass is 10.0. The second-order valence-corrected chi connectivity index (χ2v) is 3.12. The Balaban J connectivity index is 2.83. The zero-order valence-corrected chi connectivity index (χ0v) is 8.31. The molecule has 3 nitrogen and oxygen atoms in total. The molecule has 14 heavy (non-hydrogen) atoms. The SMILES string of the molecule is CO[C@H](C(C)=O)[C@@H](O)c1ccccc1. The van der Waals surface area contributed by atoms with E-state index in [1.165, 1.54) is 14.0 Å². The number of benzene rings is 1. The fourth-order valence-electron chi connectivity index (χ4n) is 1.34. The van der Waals surface area contributed by atoms with Crippen molar-refractivity contribution in [3.63, 3.8) is 0 Å². The van der Waals surface area contributed by atoms with Gasteiger partial charge < -0.3 is 9.84 Å². The molecule has 0 aliphatic rings. The summed E-state index contributed by atoms with van der Waals surface area (Å²) in [7, 11) is 1.41. The largest absolute Gasteiger partial charge is 0.385 e. The lowest BCUT2D eigenvalue weighted by Crippen LogP contribution is -2.28. The van der Waals surface area contributed by atoms with E-state index in [0.29, 0.717) is 5.56 Å². The van der Waals surface area contributed by atoms with Crippen LogP contribution < -0.4 is 0 Å². The van der Waals surface area contributed by atoms with Crippen LogP contribution in [-0.2, 0) is 9.53 Å². The number of aliphatic hydroxyl groups is 1. The number of ether oxygens (including phenoxy) is 1. The van der Waals surface area contributed by atoms with Gasteiger partial charge in [-0.15, -0.1) is 0 Å². The molecule has 1 aromatic carbocycles. The Hall–Kier alpha value is -1.19. The summed E-state index contributed by atoms with van der Waals surface area (Å²) >= 11 is 0. The van der Waals surface area contributed by atoms with Crippen molar-refractivity contribution in [2.24, 2.45) is 0 Å². The van der Waals surface area contributed by atoms with Gasteiger partial charge in [0.1, 0.15) is 12.2 Å². The van der Waals surface area contributed by atoms with E-state index in [2.05, 4.69) is 0 Å². The number of ketones is 1. The standard InChI is InChI=1S/C11H14O3/c1-8(12)11(14-2)10(13)9-6-4-3-5-7-9/h3-7,10-11,13H,1-2H3/t10-,11+/m0/s1. The van der Waals surface area contributed by atoms with Crippen LogP contribution in [0.15, 0.2) is 30.3 Å². The molecule has 0 heterocycles. The van der Waals surface area contributed by atoms with Crippen LogP contribution >= 0.6 is 0 Å². The van der Waals surface area contributed by atoms with E-state index in [9.17, 15) is 9.90 Å². The highest BCUT2D eigenvalue weighted by atomic mass is 16.5. The van der Waals surface area contributed by atoms with Crippen LogP contribution in [0.3, 0.4) is 0 Å². The highest BCUT2D eigenvalue weighted by Gasteiger charge is 2.24. The maximum Gasteiger partial charge on any atom is 0.161 e. The minimum atomic E-state index is -0.890. The lowest BCUT2D eigenvalue weighted by molar-refractivity contribution is -0.133. The first-order valence-electron chi connectivity index (χ1n) is 4.43. The van der Waals surface area contributed by atoms with Crippen LogP contribution in [0.2, 0.25) is 0 Å². The van der Waals surface area contributed by atoms with Crippen LogP contribution in [0.4, 0.5) is 0 Å². The van der Waals surface area contributed by atoms with E-state index >= 15 is 0 Å². The van der Waals surface area contributed by atoms with Gasteiger partial charge in [0, 0.05) is 7.11 Å². The number of Topliss-reactive ketones (excluding diaryl/α,β-unsaturated/α-hetero) is 1. The van der Waals surface area contributed by atoms with Crippen molar-refractivity contribution in [3.8, 4) is 0 Å². The average molecular weight is 194 g/mol. The third kappa shape index (κ3) is 2.40. The Morgan fingerprint density at radius 3 is 2.36 bits per heavy atom. The van der Waals surface area contributed by atoms with E-state index in [1.807, 2.05) is 18.2 Å². The molecule has 3 heteroatoms. The molecule has 0 bridgehead atoms. The number of rotatable bonds is 4. The molecule has 0 fully saturated rings. The number of hydrogen-bond donors (Lipinski definition) is 1. The van der Waals surface area contributed by atoms with Gasteiger partial charge in [0.25, 0.3) is 0 Å². The summed E-state index contributed by atoms with van der Waals surface area (Å²) < 4.78 is 4.93. The Kier molecular flexibility index (Phi) is 3.80. The predicted molar refractivity (Wildman–Crippen MR) is 52.9 cm³/mol. The lowest BCUT2D eigenvalue weighted by Gasteiger charge is -2.18. The Morgan fingerprint density at radius 1 is 1.36 bits per heavy atom. The molecule has 0 aromatic heterocycles. The monoisotopic (exact) mass is 194 g/mol. The summed E-state index contributed by atoms with van der Waals surface area (Å²) in [5.41, 5.74) is 0.689. The minimum absolute atomic E-state index is 0.177. The maximum atomic E-state index is 11.1. The molecule has 0 amide bonds. The van der Waals surface area contributed by atoms with Crippen LogP contribution in [0, 0.1) is 0 Å². The molecule has 0 aliphatic heterocycles. The van der Waals surface area contributed by atoms with Crippen LogP contribution in [-0.4, -0.2) is 24.1 Å². The van der Waals surface area contributed by atoms with Crippen molar-refractivity contribution < 1.29 is 14.6 Å². The van der Waals surface area contributed by atoms with E-state index in [4.69, 9.17) is 4.74 Å². The Bertz CT molecular complexity index is 295. The molecule has 0 saturated carbocycles. The van der Waals surface area contributed by atoms with Gasteiger partial charge >= 0.3 is 0 Å². The summed E-state index contributed by atoms with van der Waals surface area (Å²) in [5.74, 6) is -0.177. The molecule has 2 atom stereocenters. The highest BCUT2D eigenvalue weighted by molar-refractivity contribution is 5.81. The second-order valence-electron chi connectivity index (χ2n) is 3.12. The van der Waals surface area contributed by atoms with Gasteiger partial charge in [-0.2, -0.15) is 0 Å². The van der Waals surface area contributed by atoms with Crippen molar-refractivity contribution in [2.75, 3.05) is 7.11 Å². The third-order valence-electron chi connectivity index (χ3n) is 2.08. The first kappa shape index (κ1) is 10.9. The highest BCUT2D eigenvalue weighted by Crippen LogP contribution is 2.18. The van der Waals surface area contributed by atoms with Crippen LogP contribution in [0.5, 0.6) is 0 Å². The summed E-state index contributed by atoms with van der Waals surface area (Å²) in [6.45, 7) is 1.40. The first-order chi connectivity index (χ1) is 6.66. The van der Waals surface area contributed by atoms with E-state index in [-0.39, 0.29) is 5.78 Å². The molecule has 76 valence electrons. The number of carbonyl (C=O) groups is 1. The van der Waals surface area contributed by atoms with E-state index < -0.39 is 12.2 Å². The van der Waals surface area contributed by atoms with Gasteiger partial charge in [-0.25, -0.2) is 0 Å². The van der Waals surface area contributed by atoms with Crippen LogP contribution in [0.1, 0.15) is 18.6 Å². The summed E-state index contributed by atoms with van der Waals surface area (Å²) in [6.07, 6.45) is -1.67. The van der Waals surface area contributed by atoms with Crippen LogP contribution in [0.25, 0.3) is 0 Å². The quantitative estimate of drug-likeness (QED) is 0.786. The van der Waals surface area contributed by atoms with Gasteiger partial charge in [-0.1, -0.05) is 30.3 Å². The van der Waals surface area contributed by atoms with E-state index in [1.54, 1.807) is 12.1 Å². The average Bonchev–Trinajstić information content (AvgIpc) is 2.19. The number of aliphatic hydroxyl groups excluding tert-OH is 1. The van der Waals surface area contributed by atoms with Crippen molar-refractivity contribution in [1.82, 2.24) is 0 Å². The first-order valence-corrected chi connectivity index (χ1v) is 4.43. The van der Waals surface area contributed by atoms with Gasteiger partial charge in [0.05, 0.1) is 0 Å². The molecule has 1 rings (SSSR count). The molecule has 0 radical (unpaired) electrons. The summed E-state index contributed by atoms with van der Waals surface area (Å²) in [5, 5.41) is 9.80. The third-order valence-corrected chi connectivity index (χ3v) is 2.08. The molecular weight excluding hydrogens is 180 g/mol. The Labute approximate surface area is 83.3 Å². The Morgan fingerprint density at radius 2 is 1.93 bits per heavy atom. The van der Waals surface area contributed by atoms with Crippen molar-refractivity contribution >= 4 is 5.78 Å². The van der Waals surface area contributed by atoms with Crippen molar-refractivity contribution in [3.05, 3.63) is 35.9 Å². The van der Waals surface area contributed by atoms with Gasteiger partial charge in [-0.3, -0.25) is 4.79 Å². The molecule has 0 aliphatic carbocycles.